The van der Waals surface area contributed by atoms with Crippen molar-refractivity contribution in [2.45, 2.75) is 64.5 Å². The number of nitrogens with one attached hydrogen (secondary N) is 2. The minimum absolute atomic E-state index is 0.0711. The maximum atomic E-state index is 12.6. The Hall–Kier alpha value is -1.55. The number of ether oxygens (including phenoxy) is 1. The Balaban J connectivity index is 1.32. The van der Waals surface area contributed by atoms with E-state index in [0.29, 0.717) is 12.0 Å². The standard InChI is InChI=1S/C23H34N2O2/c1-15(20-6-4-5-7-21(20)27-3)24-14-22(26)25-16(2)23-11-17-8-18(12-23)10-19(9-17)13-23/h4-7,15-19,24H,8-14H2,1-3H3,(H,25,26)/t15-,16+,17?,18?,19?,23?/m1/s1. The van der Waals surface area contributed by atoms with Crippen molar-refractivity contribution in [2.75, 3.05) is 13.7 Å². The van der Waals surface area contributed by atoms with Crippen molar-refractivity contribution in [3.63, 3.8) is 0 Å². The summed E-state index contributed by atoms with van der Waals surface area (Å²) >= 11 is 0. The van der Waals surface area contributed by atoms with E-state index >= 15 is 0 Å². The van der Waals surface area contributed by atoms with E-state index in [-0.39, 0.29) is 18.0 Å². The average Bonchev–Trinajstić information content (AvgIpc) is 2.65. The fraction of sp³-hybridized carbons (Fsp3) is 0.696. The number of methoxy groups -OCH3 is 1. The van der Waals surface area contributed by atoms with Gasteiger partial charge in [-0.15, -0.1) is 0 Å². The van der Waals surface area contributed by atoms with E-state index in [9.17, 15) is 4.79 Å². The highest BCUT2D eigenvalue weighted by Gasteiger charge is 2.53. The average molecular weight is 371 g/mol. The molecule has 5 rings (SSSR count). The summed E-state index contributed by atoms with van der Waals surface area (Å²) in [5, 5.41) is 6.70. The van der Waals surface area contributed by atoms with E-state index in [1.165, 1.54) is 38.5 Å². The first-order valence-electron chi connectivity index (χ1n) is 10.6. The SMILES string of the molecule is COc1ccccc1[C@@H](C)NCC(=O)N[C@@H](C)C12CC3CC(CC(C3)C1)C2. The van der Waals surface area contributed by atoms with Crippen molar-refractivity contribution in [1.29, 1.82) is 0 Å². The number of rotatable bonds is 7. The predicted molar refractivity (Wildman–Crippen MR) is 108 cm³/mol. The maximum Gasteiger partial charge on any atom is 0.234 e. The zero-order valence-corrected chi connectivity index (χ0v) is 17.0. The van der Waals surface area contributed by atoms with Crippen LogP contribution in [0, 0.1) is 23.2 Å². The van der Waals surface area contributed by atoms with Gasteiger partial charge >= 0.3 is 0 Å². The number of hydrogen-bond donors (Lipinski definition) is 2. The molecule has 1 aromatic rings. The minimum atomic E-state index is 0.0711. The fourth-order valence-corrected chi connectivity index (χ4v) is 6.53. The van der Waals surface area contributed by atoms with Gasteiger partial charge in [0.2, 0.25) is 5.91 Å². The first-order chi connectivity index (χ1) is 13.0. The molecular formula is C23H34N2O2. The normalized spacial score (nSPS) is 33.5. The lowest BCUT2D eigenvalue weighted by Crippen LogP contribution is -2.56. The maximum absolute atomic E-state index is 12.6. The van der Waals surface area contributed by atoms with Crippen molar-refractivity contribution in [1.82, 2.24) is 10.6 Å². The first-order valence-corrected chi connectivity index (χ1v) is 10.6. The summed E-state index contributed by atoms with van der Waals surface area (Å²) in [6.07, 6.45) is 8.30. The summed E-state index contributed by atoms with van der Waals surface area (Å²) in [7, 11) is 1.69. The Labute approximate surface area is 163 Å². The van der Waals surface area contributed by atoms with Crippen LogP contribution in [0.15, 0.2) is 24.3 Å². The van der Waals surface area contributed by atoms with E-state index in [0.717, 1.165) is 29.1 Å². The molecule has 0 spiro atoms. The fourth-order valence-electron chi connectivity index (χ4n) is 6.53. The van der Waals surface area contributed by atoms with Crippen molar-refractivity contribution in [3.05, 3.63) is 29.8 Å². The third kappa shape index (κ3) is 3.73. The van der Waals surface area contributed by atoms with Crippen LogP contribution in [0.25, 0.3) is 0 Å². The number of carbonyl (C=O) groups excluding carboxylic acids is 1. The van der Waals surface area contributed by atoms with Gasteiger partial charge in [-0.2, -0.15) is 0 Å². The van der Waals surface area contributed by atoms with Gasteiger partial charge < -0.3 is 15.4 Å². The van der Waals surface area contributed by atoms with Crippen LogP contribution in [0.3, 0.4) is 0 Å². The van der Waals surface area contributed by atoms with Gasteiger partial charge in [-0.3, -0.25) is 4.79 Å². The van der Waals surface area contributed by atoms with E-state index in [1.807, 2.05) is 24.3 Å². The molecule has 4 aliphatic carbocycles. The van der Waals surface area contributed by atoms with Crippen LogP contribution < -0.4 is 15.4 Å². The van der Waals surface area contributed by atoms with Crippen molar-refractivity contribution < 1.29 is 9.53 Å². The Morgan fingerprint density at radius 2 is 1.70 bits per heavy atom. The molecule has 4 bridgehead atoms. The van der Waals surface area contributed by atoms with Gasteiger partial charge in [0.25, 0.3) is 0 Å². The number of para-hydroxylation sites is 1. The monoisotopic (exact) mass is 370 g/mol. The Morgan fingerprint density at radius 1 is 1.11 bits per heavy atom. The van der Waals surface area contributed by atoms with Crippen LogP contribution >= 0.6 is 0 Å². The second-order valence-corrected chi connectivity index (χ2v) is 9.41. The zero-order chi connectivity index (χ0) is 19.0. The van der Waals surface area contributed by atoms with Crippen molar-refractivity contribution >= 4 is 5.91 Å². The van der Waals surface area contributed by atoms with Gasteiger partial charge in [0.15, 0.2) is 0 Å². The van der Waals surface area contributed by atoms with E-state index in [1.54, 1.807) is 7.11 Å². The van der Waals surface area contributed by atoms with Gasteiger partial charge in [-0.05, 0) is 81.6 Å². The number of hydrogen-bond acceptors (Lipinski definition) is 3. The van der Waals surface area contributed by atoms with Crippen LogP contribution in [0.5, 0.6) is 5.75 Å². The van der Waals surface area contributed by atoms with Gasteiger partial charge in [0.1, 0.15) is 5.75 Å². The summed E-state index contributed by atoms with van der Waals surface area (Å²) in [5.74, 6) is 3.72. The second-order valence-electron chi connectivity index (χ2n) is 9.41. The van der Waals surface area contributed by atoms with Crippen molar-refractivity contribution in [2.24, 2.45) is 23.2 Å². The molecular weight excluding hydrogens is 336 g/mol. The molecule has 148 valence electrons. The van der Waals surface area contributed by atoms with Crippen LogP contribution in [-0.4, -0.2) is 25.6 Å². The molecule has 0 saturated heterocycles. The van der Waals surface area contributed by atoms with Gasteiger partial charge in [-0.25, -0.2) is 0 Å². The molecule has 0 aliphatic heterocycles. The summed E-state index contributed by atoms with van der Waals surface area (Å²) < 4.78 is 5.44. The summed E-state index contributed by atoms with van der Waals surface area (Å²) in [6, 6.07) is 8.33. The van der Waals surface area contributed by atoms with Gasteiger partial charge in [0.05, 0.1) is 13.7 Å². The molecule has 0 radical (unpaired) electrons. The lowest BCUT2D eigenvalue weighted by atomic mass is 9.48. The third-order valence-electron chi connectivity index (χ3n) is 7.56. The molecule has 4 saturated carbocycles. The largest absolute Gasteiger partial charge is 0.496 e. The molecule has 1 aromatic carbocycles. The lowest BCUT2D eigenvalue weighted by molar-refractivity contribution is -0.125. The van der Waals surface area contributed by atoms with Gasteiger partial charge in [-0.1, -0.05) is 18.2 Å². The number of benzene rings is 1. The summed E-state index contributed by atoms with van der Waals surface area (Å²) in [6.45, 7) is 4.66. The molecule has 2 atom stereocenters. The lowest BCUT2D eigenvalue weighted by Gasteiger charge is -2.59. The molecule has 27 heavy (non-hydrogen) atoms. The molecule has 0 aromatic heterocycles. The first kappa shape index (κ1) is 18.8. The molecule has 4 aliphatic rings. The topological polar surface area (TPSA) is 50.4 Å². The van der Waals surface area contributed by atoms with Crippen LogP contribution in [0.2, 0.25) is 0 Å². The molecule has 0 heterocycles. The summed E-state index contributed by atoms with van der Waals surface area (Å²) in [5.41, 5.74) is 1.44. The molecule has 4 nitrogen and oxygen atoms in total. The van der Waals surface area contributed by atoms with Crippen LogP contribution in [0.4, 0.5) is 0 Å². The van der Waals surface area contributed by atoms with Crippen molar-refractivity contribution in [3.8, 4) is 5.75 Å². The van der Waals surface area contributed by atoms with Crippen LogP contribution in [0.1, 0.15) is 64.0 Å². The molecule has 4 fully saturated rings. The Bertz CT molecular complexity index is 651. The predicted octanol–water partition coefficient (Wildman–Crippen LogP) is 4.07. The summed E-state index contributed by atoms with van der Waals surface area (Å²) in [4.78, 5) is 12.6. The molecule has 0 unspecified atom stereocenters. The van der Waals surface area contributed by atoms with E-state index in [2.05, 4.69) is 24.5 Å². The smallest absolute Gasteiger partial charge is 0.234 e. The van der Waals surface area contributed by atoms with Crippen LogP contribution in [-0.2, 0) is 4.79 Å². The second kappa shape index (κ2) is 7.46. The number of carbonyl (C=O) groups is 1. The molecule has 2 N–H and O–H groups in total. The van der Waals surface area contributed by atoms with Gasteiger partial charge in [0, 0.05) is 17.6 Å². The Kier molecular flexibility index (Phi) is 5.19. The highest BCUT2D eigenvalue weighted by atomic mass is 16.5. The van der Waals surface area contributed by atoms with E-state index < -0.39 is 0 Å². The number of amides is 1. The minimum Gasteiger partial charge on any atom is -0.496 e. The quantitative estimate of drug-likeness (QED) is 0.761. The molecule has 1 amide bonds. The third-order valence-corrected chi connectivity index (χ3v) is 7.56. The highest BCUT2D eigenvalue weighted by Crippen LogP contribution is 2.61. The van der Waals surface area contributed by atoms with E-state index in [4.69, 9.17) is 4.74 Å². The highest BCUT2D eigenvalue weighted by molar-refractivity contribution is 5.78. The Morgan fingerprint density at radius 3 is 2.30 bits per heavy atom. The molecule has 4 heteroatoms. The zero-order valence-electron chi connectivity index (χ0n) is 17.0.